The molecule has 3 heterocycles. The molecule has 1 aromatic rings. The van der Waals surface area contributed by atoms with Crippen LogP contribution in [0.25, 0.3) is 0 Å². The summed E-state index contributed by atoms with van der Waals surface area (Å²) in [4.78, 5) is 25.3. The van der Waals surface area contributed by atoms with E-state index in [-0.39, 0.29) is 18.2 Å². The third-order valence-corrected chi connectivity index (χ3v) is 5.66. The molecular weight excluding hydrogens is 436 g/mol. The molecule has 11 nitrogen and oxygen atoms in total. The average Bonchev–Trinajstić information content (AvgIpc) is 3.24. The number of amidine groups is 1. The predicted octanol–water partition coefficient (Wildman–Crippen LogP) is 1.78. The lowest BCUT2D eigenvalue weighted by molar-refractivity contribution is 0.0288. The van der Waals surface area contributed by atoms with Crippen molar-refractivity contribution in [3.8, 4) is 6.07 Å². The van der Waals surface area contributed by atoms with Crippen LogP contribution in [0.5, 0.6) is 0 Å². The summed E-state index contributed by atoms with van der Waals surface area (Å²) in [7, 11) is 0. The molecule has 5 N–H and O–H groups in total. The third kappa shape index (κ3) is 5.46. The van der Waals surface area contributed by atoms with Crippen LogP contribution < -0.4 is 16.4 Å². The minimum atomic E-state index is -1.06. The predicted molar refractivity (Wildman–Crippen MR) is 129 cm³/mol. The van der Waals surface area contributed by atoms with E-state index in [1.165, 1.54) is 17.2 Å². The van der Waals surface area contributed by atoms with Gasteiger partial charge >= 0.3 is 6.09 Å². The molecular formula is C23H32N8O3. The Hall–Kier alpha value is -3.65. The number of pyridine rings is 1. The first-order chi connectivity index (χ1) is 16.1. The van der Waals surface area contributed by atoms with E-state index < -0.39 is 17.1 Å². The standard InChI is InChI=1S/C23H32N8O3/c1-22(2,3)34-21(32)31-7-5-23(14-26,15-31)17-12-19(30-8-10-33-11-9-30)29-20(16(17)13-25)28-18(27)4-6-24/h4,6,12-13,25H,5,7-11,15,24H2,1-3H3,(H2,27,28,29)/b6-4-,25-13?. The second kappa shape index (κ2) is 10.1. The maximum Gasteiger partial charge on any atom is 0.410 e. The summed E-state index contributed by atoms with van der Waals surface area (Å²) in [5, 5.41) is 18.4. The molecule has 3 rings (SSSR count). The normalized spacial score (nSPS) is 21.5. The molecule has 0 aromatic carbocycles. The van der Waals surface area contributed by atoms with Crippen molar-refractivity contribution in [2.75, 3.05) is 44.3 Å². The number of carbonyl (C=O) groups is 1. The summed E-state index contributed by atoms with van der Waals surface area (Å²) in [5.74, 6) is 0.948. The molecule has 2 fully saturated rings. The molecule has 0 bridgehead atoms. The zero-order chi connectivity index (χ0) is 24.9. The largest absolute Gasteiger partial charge is 0.444 e. The molecule has 1 amide bonds. The number of aliphatic imine (C=N–C) groups is 1. The number of nitriles is 1. The molecule has 0 saturated carbocycles. The fourth-order valence-electron chi connectivity index (χ4n) is 4.03. The minimum absolute atomic E-state index is 0.121. The van der Waals surface area contributed by atoms with Gasteiger partial charge in [0, 0.05) is 38.0 Å². The number of likely N-dealkylation sites (tertiary alicyclic amines) is 1. The Morgan fingerprint density at radius 1 is 1.38 bits per heavy atom. The van der Waals surface area contributed by atoms with Crippen molar-refractivity contribution in [1.82, 2.24) is 9.88 Å². The van der Waals surface area contributed by atoms with Gasteiger partial charge in [-0.25, -0.2) is 14.8 Å². The first-order valence-electron chi connectivity index (χ1n) is 11.1. The van der Waals surface area contributed by atoms with Crippen LogP contribution in [0.3, 0.4) is 0 Å². The molecule has 2 saturated heterocycles. The van der Waals surface area contributed by atoms with E-state index in [1.54, 1.807) is 20.8 Å². The summed E-state index contributed by atoms with van der Waals surface area (Å²) < 4.78 is 11.0. The molecule has 1 atom stereocenters. The first-order valence-corrected chi connectivity index (χ1v) is 11.1. The number of hydrogen-bond acceptors (Lipinski definition) is 9. The van der Waals surface area contributed by atoms with Gasteiger partial charge in [0.15, 0.2) is 5.82 Å². The highest BCUT2D eigenvalue weighted by Gasteiger charge is 2.45. The number of hydrogen-bond donors (Lipinski definition) is 3. The molecule has 0 spiro atoms. The van der Waals surface area contributed by atoms with Gasteiger partial charge in [-0.15, -0.1) is 0 Å². The van der Waals surface area contributed by atoms with E-state index in [0.717, 1.165) is 6.21 Å². The van der Waals surface area contributed by atoms with Crippen LogP contribution in [0.4, 0.5) is 16.4 Å². The number of rotatable bonds is 5. The van der Waals surface area contributed by atoms with Gasteiger partial charge in [-0.05, 0) is 51.1 Å². The van der Waals surface area contributed by atoms with Crippen LogP contribution in [0.1, 0.15) is 38.3 Å². The maximum absolute atomic E-state index is 12.7. The molecule has 2 aliphatic heterocycles. The van der Waals surface area contributed by atoms with E-state index in [4.69, 9.17) is 26.4 Å². The molecule has 11 heteroatoms. The van der Waals surface area contributed by atoms with Crippen LogP contribution in [-0.2, 0) is 14.9 Å². The second-order valence-corrected chi connectivity index (χ2v) is 9.25. The van der Waals surface area contributed by atoms with E-state index >= 15 is 0 Å². The Labute approximate surface area is 199 Å². The van der Waals surface area contributed by atoms with E-state index in [1.807, 2.05) is 11.0 Å². The number of anilines is 1. The molecule has 0 radical (unpaired) electrons. The lowest BCUT2D eigenvalue weighted by Gasteiger charge is -2.31. The maximum atomic E-state index is 12.7. The van der Waals surface area contributed by atoms with Gasteiger partial charge < -0.3 is 36.2 Å². The highest BCUT2D eigenvalue weighted by Crippen LogP contribution is 2.40. The second-order valence-electron chi connectivity index (χ2n) is 9.25. The van der Waals surface area contributed by atoms with Crippen molar-refractivity contribution in [2.24, 2.45) is 16.5 Å². The zero-order valence-corrected chi connectivity index (χ0v) is 19.9. The van der Waals surface area contributed by atoms with Gasteiger partial charge in [-0.2, -0.15) is 5.26 Å². The smallest absolute Gasteiger partial charge is 0.410 e. The van der Waals surface area contributed by atoms with Crippen molar-refractivity contribution < 1.29 is 14.3 Å². The summed E-state index contributed by atoms with van der Waals surface area (Å²) >= 11 is 0. The molecule has 34 heavy (non-hydrogen) atoms. The van der Waals surface area contributed by atoms with Gasteiger partial charge in [-0.1, -0.05) is 0 Å². The number of carbonyl (C=O) groups excluding carboxylic acids is 1. The Morgan fingerprint density at radius 3 is 2.68 bits per heavy atom. The van der Waals surface area contributed by atoms with Gasteiger partial charge in [0.2, 0.25) is 0 Å². The van der Waals surface area contributed by atoms with Crippen molar-refractivity contribution in [3.05, 3.63) is 29.5 Å². The van der Waals surface area contributed by atoms with Crippen molar-refractivity contribution >= 4 is 29.8 Å². The minimum Gasteiger partial charge on any atom is -0.444 e. The number of nitrogens with two attached hydrogens (primary N) is 2. The number of ether oxygens (including phenoxy) is 2. The number of nitrogens with one attached hydrogen (secondary N) is 1. The summed E-state index contributed by atoms with van der Waals surface area (Å²) in [6, 6.07) is 4.24. The van der Waals surface area contributed by atoms with Crippen molar-refractivity contribution in [3.63, 3.8) is 0 Å². The summed E-state index contributed by atoms with van der Waals surface area (Å²) in [6.45, 7) is 8.24. The molecule has 0 aliphatic carbocycles. The number of aromatic nitrogens is 1. The van der Waals surface area contributed by atoms with Crippen LogP contribution in [0.2, 0.25) is 0 Å². The van der Waals surface area contributed by atoms with Crippen LogP contribution in [0.15, 0.2) is 23.3 Å². The molecule has 1 aromatic heterocycles. The van der Waals surface area contributed by atoms with E-state index in [0.29, 0.717) is 56.2 Å². The highest BCUT2D eigenvalue weighted by atomic mass is 16.6. The molecule has 182 valence electrons. The molecule has 1 unspecified atom stereocenters. The topological polar surface area (TPSA) is 167 Å². The van der Waals surface area contributed by atoms with Crippen LogP contribution in [0, 0.1) is 16.7 Å². The Bertz CT molecular complexity index is 1030. The van der Waals surface area contributed by atoms with Crippen molar-refractivity contribution in [2.45, 2.75) is 38.2 Å². The van der Waals surface area contributed by atoms with E-state index in [9.17, 15) is 10.1 Å². The third-order valence-electron chi connectivity index (χ3n) is 5.66. The molecule has 2 aliphatic rings. The lowest BCUT2D eigenvalue weighted by atomic mass is 9.79. The van der Waals surface area contributed by atoms with E-state index in [2.05, 4.69) is 16.0 Å². The fraction of sp³-hybridized carbons (Fsp3) is 0.522. The number of morpholine rings is 1. The highest BCUT2D eigenvalue weighted by molar-refractivity contribution is 5.96. The Kier molecular flexibility index (Phi) is 7.41. The van der Waals surface area contributed by atoms with Crippen LogP contribution >= 0.6 is 0 Å². The van der Waals surface area contributed by atoms with Crippen molar-refractivity contribution in [1.29, 1.82) is 10.7 Å². The van der Waals surface area contributed by atoms with Gasteiger partial charge in [0.05, 0.1) is 19.3 Å². The summed E-state index contributed by atoms with van der Waals surface area (Å²) in [6.07, 6.45) is 3.73. The SMILES string of the molecule is CC(C)(C)OC(=O)N1CCC(C#N)(c2cc(N3CCOCC3)nc(/N=C(N)\C=C/N)c2C=N)C1. The number of nitrogens with zero attached hydrogens (tertiary/aromatic N) is 5. The quantitative estimate of drug-likeness (QED) is 0.434. The first kappa shape index (κ1) is 25.0. The Morgan fingerprint density at radius 2 is 2.09 bits per heavy atom. The lowest BCUT2D eigenvalue weighted by Crippen LogP contribution is -2.39. The monoisotopic (exact) mass is 468 g/mol. The zero-order valence-electron chi connectivity index (χ0n) is 19.9. The van der Waals surface area contributed by atoms with Crippen LogP contribution in [-0.4, -0.2) is 73.0 Å². The van der Waals surface area contributed by atoms with Gasteiger partial charge in [0.1, 0.15) is 22.7 Å². The fourth-order valence-corrected chi connectivity index (χ4v) is 4.03. The van der Waals surface area contributed by atoms with Gasteiger partial charge in [-0.3, -0.25) is 0 Å². The average molecular weight is 469 g/mol. The summed E-state index contributed by atoms with van der Waals surface area (Å²) in [5.41, 5.74) is 10.6. The Balaban J connectivity index is 2.10. The number of amides is 1. The van der Waals surface area contributed by atoms with Gasteiger partial charge in [0.25, 0.3) is 0 Å².